The number of rotatable bonds is 1. The van der Waals surface area contributed by atoms with Crippen LogP contribution in [0.4, 0.5) is 0 Å². The van der Waals surface area contributed by atoms with Gasteiger partial charge < -0.3 is 4.98 Å². The number of aromatic nitrogens is 1. The number of aromatic amines is 1. The number of nitrogens with one attached hydrogen (secondary N) is 1. The zero-order chi connectivity index (χ0) is 11.1. The summed E-state index contributed by atoms with van der Waals surface area (Å²) in [6, 6.07) is 0. The fourth-order valence-corrected chi connectivity index (χ4v) is 1.17. The number of hydrogen-bond acceptors (Lipinski definition) is 0. The van der Waals surface area contributed by atoms with E-state index in [9.17, 15) is 0 Å². The highest BCUT2D eigenvalue weighted by Crippen LogP contribution is 2.14. The third-order valence-corrected chi connectivity index (χ3v) is 2.39. The van der Waals surface area contributed by atoms with Crippen molar-refractivity contribution in [1.82, 2.24) is 4.98 Å². The molecule has 0 saturated carbocycles. The molecule has 1 heterocycles. The molecule has 0 saturated heterocycles. The van der Waals surface area contributed by atoms with Crippen LogP contribution in [0.15, 0.2) is 24.8 Å². The number of H-pyrrole nitrogens is 1. The van der Waals surface area contributed by atoms with Crippen LogP contribution in [0.5, 0.6) is 0 Å². The molecule has 0 unspecified atom stereocenters. The number of allylic oxidation sites excluding steroid dienone is 3. The third-order valence-electron chi connectivity index (χ3n) is 2.39. The second-order valence-electron chi connectivity index (χ2n) is 3.39. The van der Waals surface area contributed by atoms with Crippen molar-refractivity contribution < 1.29 is 0 Å². The Kier molecular flexibility index (Phi) is 5.70. The predicted octanol–water partition coefficient (Wildman–Crippen LogP) is 4.00. The van der Waals surface area contributed by atoms with Crippen LogP contribution >= 0.6 is 0 Å². The molecule has 0 atom stereocenters. The van der Waals surface area contributed by atoms with Gasteiger partial charge in [0.1, 0.15) is 0 Å². The minimum absolute atomic E-state index is 1.30. The molecule has 1 aromatic heterocycles. The van der Waals surface area contributed by atoms with E-state index in [0.29, 0.717) is 0 Å². The molecule has 0 radical (unpaired) electrons. The van der Waals surface area contributed by atoms with E-state index in [4.69, 9.17) is 0 Å². The molecule has 0 aliphatic heterocycles. The van der Waals surface area contributed by atoms with E-state index >= 15 is 0 Å². The van der Waals surface area contributed by atoms with Crippen molar-refractivity contribution in [2.75, 3.05) is 0 Å². The molecule has 78 valence electrons. The lowest BCUT2D eigenvalue weighted by Crippen LogP contribution is -1.73. The second kappa shape index (κ2) is 6.25. The van der Waals surface area contributed by atoms with Crippen LogP contribution in [0.2, 0.25) is 0 Å². The van der Waals surface area contributed by atoms with Crippen molar-refractivity contribution in [2.24, 2.45) is 0 Å². The van der Waals surface area contributed by atoms with Crippen LogP contribution < -0.4 is 0 Å². The van der Waals surface area contributed by atoms with E-state index in [1.807, 2.05) is 19.1 Å². The lowest BCUT2D eigenvalue weighted by Gasteiger charge is -1.88. The topological polar surface area (TPSA) is 15.8 Å². The van der Waals surface area contributed by atoms with Gasteiger partial charge in [-0.15, -0.1) is 0 Å². The molecule has 1 rings (SSSR count). The van der Waals surface area contributed by atoms with Crippen LogP contribution in [-0.2, 0) is 0 Å². The Balaban J connectivity index is 0.000000292. The maximum absolute atomic E-state index is 3.46. The van der Waals surface area contributed by atoms with Gasteiger partial charge in [0, 0.05) is 11.4 Å². The zero-order valence-electron chi connectivity index (χ0n) is 9.94. The summed E-state index contributed by atoms with van der Waals surface area (Å²) in [7, 11) is 0. The minimum Gasteiger partial charge on any atom is -0.362 e. The van der Waals surface area contributed by atoms with Crippen LogP contribution in [0.3, 0.4) is 0 Å². The molecule has 0 bridgehead atoms. The first-order valence-corrected chi connectivity index (χ1v) is 4.90. The fourth-order valence-electron chi connectivity index (χ4n) is 1.17. The van der Waals surface area contributed by atoms with Gasteiger partial charge in [0.2, 0.25) is 0 Å². The third kappa shape index (κ3) is 3.65. The lowest BCUT2D eigenvalue weighted by atomic mass is 10.2. The van der Waals surface area contributed by atoms with E-state index in [0.717, 1.165) is 0 Å². The summed E-state index contributed by atoms with van der Waals surface area (Å²) in [5.74, 6) is 0. The largest absolute Gasteiger partial charge is 0.362 e. The van der Waals surface area contributed by atoms with Crippen molar-refractivity contribution >= 4 is 0 Å². The fraction of sp³-hybridized carbons (Fsp3) is 0.385. The van der Waals surface area contributed by atoms with E-state index in [1.54, 1.807) is 6.08 Å². The molecule has 1 nitrogen and oxygen atoms in total. The van der Waals surface area contributed by atoms with Crippen molar-refractivity contribution in [2.45, 2.75) is 34.6 Å². The summed E-state index contributed by atoms with van der Waals surface area (Å²) in [5.41, 5.74) is 5.38. The number of hydrogen-bond donors (Lipinski definition) is 1. The molecule has 1 aromatic rings. The normalized spacial score (nSPS) is 9.79. The molecule has 0 amide bonds. The Hall–Kier alpha value is -1.24. The molecular weight excluding hydrogens is 170 g/mol. The molecule has 0 aliphatic carbocycles. The van der Waals surface area contributed by atoms with Gasteiger partial charge in [-0.25, -0.2) is 0 Å². The van der Waals surface area contributed by atoms with Gasteiger partial charge in [-0.05, 0) is 45.7 Å². The van der Waals surface area contributed by atoms with Crippen molar-refractivity contribution in [1.29, 1.82) is 0 Å². The Morgan fingerprint density at radius 1 is 1.00 bits per heavy atom. The van der Waals surface area contributed by atoms with Crippen LogP contribution in [0.1, 0.15) is 29.4 Å². The van der Waals surface area contributed by atoms with Gasteiger partial charge in [0.15, 0.2) is 0 Å². The molecule has 14 heavy (non-hydrogen) atoms. The minimum atomic E-state index is 1.30. The summed E-state index contributed by atoms with van der Waals surface area (Å²) >= 11 is 0. The smallest absolute Gasteiger partial charge is 0.0150 e. The Bertz CT molecular complexity index is 294. The summed E-state index contributed by atoms with van der Waals surface area (Å²) in [4.78, 5) is 3.28. The highest BCUT2D eigenvalue weighted by molar-refractivity contribution is 5.32. The van der Waals surface area contributed by atoms with Crippen LogP contribution in [-0.4, -0.2) is 4.98 Å². The quantitative estimate of drug-likeness (QED) is 0.646. The summed E-state index contributed by atoms with van der Waals surface area (Å²) < 4.78 is 0. The molecule has 0 aromatic carbocycles. The van der Waals surface area contributed by atoms with Crippen molar-refractivity contribution in [3.8, 4) is 0 Å². The zero-order valence-corrected chi connectivity index (χ0v) is 9.94. The van der Waals surface area contributed by atoms with Crippen LogP contribution in [0.25, 0.3) is 0 Å². The lowest BCUT2D eigenvalue weighted by molar-refractivity contribution is 1.17. The highest BCUT2D eigenvalue weighted by Gasteiger charge is 2.00. The Morgan fingerprint density at radius 2 is 1.43 bits per heavy atom. The predicted molar refractivity (Wildman–Crippen MR) is 64.8 cm³/mol. The Morgan fingerprint density at radius 3 is 1.50 bits per heavy atom. The van der Waals surface area contributed by atoms with Crippen molar-refractivity contribution in [3.63, 3.8) is 0 Å². The Labute approximate surface area is 87.6 Å². The average Bonchev–Trinajstić information content (AvgIpc) is 2.36. The first-order valence-electron chi connectivity index (χ1n) is 4.90. The van der Waals surface area contributed by atoms with Gasteiger partial charge >= 0.3 is 0 Å². The van der Waals surface area contributed by atoms with Gasteiger partial charge in [0.05, 0.1) is 0 Å². The maximum atomic E-state index is 3.46. The monoisotopic (exact) mass is 191 g/mol. The van der Waals surface area contributed by atoms with E-state index in [-0.39, 0.29) is 0 Å². The van der Waals surface area contributed by atoms with Gasteiger partial charge in [-0.3, -0.25) is 0 Å². The maximum Gasteiger partial charge on any atom is 0.0150 e. The number of aryl methyl sites for hydroxylation is 2. The molecule has 1 heteroatoms. The van der Waals surface area contributed by atoms with E-state index in [2.05, 4.69) is 39.3 Å². The van der Waals surface area contributed by atoms with Crippen molar-refractivity contribution in [3.05, 3.63) is 47.3 Å². The molecule has 0 spiro atoms. The van der Waals surface area contributed by atoms with Gasteiger partial charge in [-0.1, -0.05) is 24.8 Å². The SMILES string of the molecule is C=CC=CC.Cc1[nH]c(C)c(C)c1C. The summed E-state index contributed by atoms with van der Waals surface area (Å²) in [5, 5.41) is 0. The molecule has 0 aliphatic rings. The summed E-state index contributed by atoms with van der Waals surface area (Å²) in [6.45, 7) is 13.9. The average molecular weight is 191 g/mol. The van der Waals surface area contributed by atoms with Crippen LogP contribution in [0, 0.1) is 27.7 Å². The first-order chi connectivity index (χ1) is 6.54. The standard InChI is InChI=1S/C8H13N.C5H8/c1-5-6(2)8(4)9-7(5)3;1-3-5-4-2/h9H,1-4H3;3-5H,1H2,2H3. The van der Waals surface area contributed by atoms with E-state index in [1.165, 1.54) is 22.5 Å². The van der Waals surface area contributed by atoms with Gasteiger partial charge in [0.25, 0.3) is 0 Å². The molecule has 0 fully saturated rings. The molecule has 1 N–H and O–H groups in total. The summed E-state index contributed by atoms with van der Waals surface area (Å²) in [6.07, 6.45) is 5.58. The van der Waals surface area contributed by atoms with E-state index < -0.39 is 0 Å². The van der Waals surface area contributed by atoms with Gasteiger partial charge in [-0.2, -0.15) is 0 Å². The highest BCUT2D eigenvalue weighted by atomic mass is 14.7. The second-order valence-corrected chi connectivity index (χ2v) is 3.39. The molecular formula is C13H21N. The first kappa shape index (κ1) is 12.8.